The molecule has 0 aliphatic carbocycles. The summed E-state index contributed by atoms with van der Waals surface area (Å²) in [5, 5.41) is 11.3. The van der Waals surface area contributed by atoms with E-state index in [1.54, 1.807) is 12.1 Å². The molecule has 0 fully saturated rings. The van der Waals surface area contributed by atoms with Gasteiger partial charge in [0.05, 0.1) is 11.4 Å². The molecule has 1 heterocycles. The zero-order chi connectivity index (χ0) is 25.1. The second-order valence-electron chi connectivity index (χ2n) is 11.5. The molecule has 7 nitrogen and oxygen atoms in total. The van der Waals surface area contributed by atoms with Crippen LogP contribution in [0.25, 0.3) is 5.69 Å². The number of aromatic nitrogens is 4. The molecule has 0 aliphatic heterocycles. The van der Waals surface area contributed by atoms with E-state index in [0.29, 0.717) is 18.5 Å². The van der Waals surface area contributed by atoms with E-state index < -0.39 is 26.2 Å². The number of para-hydroxylation sites is 1. The third-order valence-corrected chi connectivity index (χ3v) is 13.7. The minimum Gasteiger partial charge on any atom is -0.414 e. The van der Waals surface area contributed by atoms with Gasteiger partial charge in [-0.3, -0.25) is 0 Å². The molecule has 1 aromatic heterocycles. The van der Waals surface area contributed by atoms with Crippen molar-refractivity contribution in [2.75, 3.05) is 5.75 Å². The van der Waals surface area contributed by atoms with E-state index in [0.717, 1.165) is 11.6 Å². The summed E-state index contributed by atoms with van der Waals surface area (Å²) in [6.07, 6.45) is 0.850. The van der Waals surface area contributed by atoms with Gasteiger partial charge in [-0.15, -0.1) is 6.58 Å². The van der Waals surface area contributed by atoms with Crippen LogP contribution in [0.4, 0.5) is 0 Å². The van der Waals surface area contributed by atoms with Gasteiger partial charge in [0.25, 0.3) is 5.16 Å². The fraction of sp³-hybridized carbons (Fsp3) is 0.609. The van der Waals surface area contributed by atoms with Crippen molar-refractivity contribution in [2.45, 2.75) is 88.7 Å². The highest BCUT2D eigenvalue weighted by molar-refractivity contribution is 7.91. The second kappa shape index (κ2) is 10.3. The van der Waals surface area contributed by atoms with Crippen LogP contribution >= 0.6 is 0 Å². The van der Waals surface area contributed by atoms with E-state index in [-0.39, 0.29) is 22.1 Å². The smallest absolute Gasteiger partial charge is 0.272 e. The predicted molar refractivity (Wildman–Crippen MR) is 140 cm³/mol. The molecule has 0 N–H and O–H groups in total. The van der Waals surface area contributed by atoms with Crippen LogP contribution in [-0.4, -0.2) is 56.9 Å². The first kappa shape index (κ1) is 27.6. The van der Waals surface area contributed by atoms with Crippen molar-refractivity contribution in [2.24, 2.45) is 0 Å². The number of rotatable bonds is 11. The van der Waals surface area contributed by atoms with E-state index in [1.807, 2.05) is 18.2 Å². The molecule has 184 valence electrons. The molecular weight excluding hydrogens is 469 g/mol. The molecule has 1 aromatic carbocycles. The molecule has 0 amide bonds. The summed E-state index contributed by atoms with van der Waals surface area (Å²) in [6, 6.07) is 10.1. The maximum atomic E-state index is 13.2. The Hall–Kier alpha value is -1.63. The number of benzene rings is 1. The van der Waals surface area contributed by atoms with Gasteiger partial charge >= 0.3 is 0 Å². The lowest BCUT2D eigenvalue weighted by Gasteiger charge is -2.39. The minimum atomic E-state index is -3.71. The van der Waals surface area contributed by atoms with Crippen LogP contribution in [0.2, 0.25) is 43.8 Å². The average molecular weight is 509 g/mol. The van der Waals surface area contributed by atoms with Crippen molar-refractivity contribution in [3.63, 3.8) is 0 Å². The summed E-state index contributed by atoms with van der Waals surface area (Å²) < 4.78 is 34.5. The third kappa shape index (κ3) is 7.97. The average Bonchev–Trinajstić information content (AvgIpc) is 3.15. The van der Waals surface area contributed by atoms with E-state index in [2.05, 4.69) is 75.6 Å². The molecule has 0 saturated carbocycles. The Labute approximate surface area is 201 Å². The quantitative estimate of drug-likeness (QED) is 0.294. The Morgan fingerprint density at radius 3 is 2.27 bits per heavy atom. The number of hydrogen-bond acceptors (Lipinski definition) is 6. The molecule has 0 aliphatic rings. The number of tetrazole rings is 1. The minimum absolute atomic E-state index is 0.0294. The second-order valence-corrected chi connectivity index (χ2v) is 23.7. The number of hydrogen-bond donors (Lipinski definition) is 0. The van der Waals surface area contributed by atoms with Crippen LogP contribution in [0.15, 0.2) is 47.6 Å². The van der Waals surface area contributed by atoms with Gasteiger partial charge in [0.2, 0.25) is 9.84 Å². The number of nitrogens with zero attached hydrogens (tertiary/aromatic N) is 4. The van der Waals surface area contributed by atoms with Crippen LogP contribution < -0.4 is 0 Å². The highest BCUT2D eigenvalue weighted by Gasteiger charge is 2.39. The van der Waals surface area contributed by atoms with Crippen LogP contribution in [0.3, 0.4) is 0 Å². The van der Waals surface area contributed by atoms with Crippen LogP contribution in [-0.2, 0) is 14.3 Å². The molecular formula is C23H40N4O3SSi2. The summed E-state index contributed by atoms with van der Waals surface area (Å²) in [5.74, 6) is -0.0836. The SMILES string of the molecule is C=C(C[C@H](CCS(=O)(=O)c1nnnn1-c1ccccc1)O[Si](C)(C)C(C)(C)C)C[Si](C)(C)C. The molecule has 10 heteroatoms. The largest absolute Gasteiger partial charge is 0.414 e. The van der Waals surface area contributed by atoms with Gasteiger partial charge in [0.1, 0.15) is 0 Å². The van der Waals surface area contributed by atoms with Gasteiger partial charge in [-0.25, -0.2) is 8.42 Å². The Kier molecular flexibility index (Phi) is 8.64. The van der Waals surface area contributed by atoms with Crippen molar-refractivity contribution in [1.82, 2.24) is 20.2 Å². The van der Waals surface area contributed by atoms with E-state index >= 15 is 0 Å². The van der Waals surface area contributed by atoms with Crippen molar-refractivity contribution >= 4 is 26.2 Å². The van der Waals surface area contributed by atoms with Gasteiger partial charge in [-0.2, -0.15) is 4.68 Å². The molecule has 33 heavy (non-hydrogen) atoms. The first-order valence-corrected chi connectivity index (χ1v) is 19.7. The molecule has 1 atom stereocenters. The zero-order valence-electron chi connectivity index (χ0n) is 21.4. The van der Waals surface area contributed by atoms with Gasteiger partial charge in [-0.1, -0.05) is 69.3 Å². The van der Waals surface area contributed by atoms with E-state index in [1.165, 1.54) is 4.68 Å². The highest BCUT2D eigenvalue weighted by atomic mass is 32.2. The standard InChI is InChI=1S/C23H40N4O3SSi2/c1-19(18-32(5,6)7)17-21(30-33(8,9)23(2,3)4)15-16-31(28,29)22-24-25-26-27(22)20-13-11-10-12-14-20/h10-14,21H,1,15-18H2,2-9H3/t21-/m0/s1. The maximum Gasteiger partial charge on any atom is 0.272 e. The lowest BCUT2D eigenvalue weighted by atomic mass is 10.1. The summed E-state index contributed by atoms with van der Waals surface area (Å²) in [6.45, 7) is 22.2. The summed E-state index contributed by atoms with van der Waals surface area (Å²) in [5.41, 5.74) is 1.75. The zero-order valence-corrected chi connectivity index (χ0v) is 24.2. The van der Waals surface area contributed by atoms with Gasteiger partial charge < -0.3 is 4.43 Å². The maximum absolute atomic E-state index is 13.2. The van der Waals surface area contributed by atoms with Crippen LogP contribution in [0.1, 0.15) is 33.6 Å². The van der Waals surface area contributed by atoms with Gasteiger partial charge in [0, 0.05) is 14.2 Å². The predicted octanol–water partition coefficient (Wildman–Crippen LogP) is 5.50. The monoisotopic (exact) mass is 508 g/mol. The Morgan fingerprint density at radius 2 is 1.73 bits per heavy atom. The highest BCUT2D eigenvalue weighted by Crippen LogP contribution is 2.38. The lowest BCUT2D eigenvalue weighted by molar-refractivity contribution is 0.177. The van der Waals surface area contributed by atoms with Gasteiger partial charge in [0.15, 0.2) is 8.32 Å². The van der Waals surface area contributed by atoms with Crippen LogP contribution in [0.5, 0.6) is 0 Å². The van der Waals surface area contributed by atoms with Crippen molar-refractivity contribution in [1.29, 1.82) is 0 Å². The Balaban J connectivity index is 2.24. The van der Waals surface area contributed by atoms with Crippen molar-refractivity contribution < 1.29 is 12.8 Å². The topological polar surface area (TPSA) is 87.0 Å². The molecule has 0 spiro atoms. The lowest BCUT2D eigenvalue weighted by Crippen LogP contribution is -2.44. The normalized spacial score (nSPS) is 14.3. The molecule has 0 saturated heterocycles. The fourth-order valence-corrected chi connectivity index (χ4v) is 7.78. The Bertz CT molecular complexity index is 1040. The molecule has 2 aromatic rings. The molecule has 0 radical (unpaired) electrons. The molecule has 0 bridgehead atoms. The fourth-order valence-electron chi connectivity index (χ4n) is 3.42. The van der Waals surface area contributed by atoms with Crippen molar-refractivity contribution in [3.05, 3.63) is 42.5 Å². The Morgan fingerprint density at radius 1 is 1.12 bits per heavy atom. The van der Waals surface area contributed by atoms with E-state index in [4.69, 9.17) is 4.43 Å². The first-order chi connectivity index (χ1) is 15.0. The van der Waals surface area contributed by atoms with Gasteiger partial charge in [-0.05, 0) is 59.6 Å². The number of sulfone groups is 1. The van der Waals surface area contributed by atoms with E-state index in [9.17, 15) is 8.42 Å². The third-order valence-electron chi connectivity index (χ3n) is 5.99. The summed E-state index contributed by atoms with van der Waals surface area (Å²) in [4.78, 5) is 0. The van der Waals surface area contributed by atoms with Crippen molar-refractivity contribution in [3.8, 4) is 5.69 Å². The molecule has 2 rings (SSSR count). The summed E-state index contributed by atoms with van der Waals surface area (Å²) >= 11 is 0. The van der Waals surface area contributed by atoms with Crippen LogP contribution in [0, 0.1) is 0 Å². The first-order valence-electron chi connectivity index (χ1n) is 11.4. The molecule has 0 unspecified atom stereocenters. The summed E-state index contributed by atoms with van der Waals surface area (Å²) in [7, 11) is -7.12.